The van der Waals surface area contributed by atoms with Crippen molar-refractivity contribution in [2.75, 3.05) is 19.8 Å². The van der Waals surface area contributed by atoms with Gasteiger partial charge in [-0.15, -0.1) is 0 Å². The predicted molar refractivity (Wildman–Crippen MR) is 75.7 cm³/mol. The van der Waals surface area contributed by atoms with Crippen LogP contribution < -0.4 is 5.32 Å². The summed E-state index contributed by atoms with van der Waals surface area (Å²) in [5.41, 5.74) is -0.139. The van der Waals surface area contributed by atoms with Crippen LogP contribution in [-0.4, -0.2) is 31.4 Å². The molecule has 0 saturated carbocycles. The Morgan fingerprint density at radius 1 is 1.33 bits per heavy atom. The van der Waals surface area contributed by atoms with Gasteiger partial charge in [0.25, 0.3) is 0 Å². The van der Waals surface area contributed by atoms with Gasteiger partial charge in [-0.1, -0.05) is 20.8 Å². The molecule has 1 unspecified atom stereocenters. The van der Waals surface area contributed by atoms with Gasteiger partial charge >= 0.3 is 0 Å². The molecule has 0 bridgehead atoms. The van der Waals surface area contributed by atoms with Gasteiger partial charge in [-0.2, -0.15) is 0 Å². The normalized spacial score (nSPS) is 17.4. The smallest absolute Gasteiger partial charge is 0.112 e. The number of hydrogen-bond acceptors (Lipinski definition) is 3. The molecular weight excluding hydrogens is 226 g/mol. The molecule has 3 nitrogen and oxygen atoms in total. The molecule has 3 heteroatoms. The summed E-state index contributed by atoms with van der Waals surface area (Å²) >= 11 is 0. The van der Waals surface area contributed by atoms with Crippen molar-refractivity contribution in [3.05, 3.63) is 11.8 Å². The maximum absolute atomic E-state index is 6.12. The Morgan fingerprint density at radius 2 is 2.06 bits per heavy atom. The molecule has 1 aliphatic heterocycles. The average molecular weight is 255 g/mol. The van der Waals surface area contributed by atoms with E-state index in [1.165, 1.54) is 0 Å². The van der Waals surface area contributed by atoms with Gasteiger partial charge in [0, 0.05) is 13.0 Å². The summed E-state index contributed by atoms with van der Waals surface area (Å²) in [6.45, 7) is 11.2. The molecule has 18 heavy (non-hydrogen) atoms. The van der Waals surface area contributed by atoms with Gasteiger partial charge in [0.2, 0.25) is 0 Å². The molecule has 1 atom stereocenters. The second kappa shape index (κ2) is 7.80. The van der Waals surface area contributed by atoms with E-state index in [0.29, 0.717) is 0 Å². The number of rotatable bonds is 9. The van der Waals surface area contributed by atoms with Crippen molar-refractivity contribution in [3.8, 4) is 0 Å². The van der Waals surface area contributed by atoms with Gasteiger partial charge in [-0.05, 0) is 38.8 Å². The maximum atomic E-state index is 6.12. The van der Waals surface area contributed by atoms with E-state index in [1.807, 2.05) is 0 Å². The minimum absolute atomic E-state index is 0.139. The quantitative estimate of drug-likeness (QED) is 0.686. The van der Waals surface area contributed by atoms with Gasteiger partial charge in [0.1, 0.15) is 5.76 Å². The zero-order valence-corrected chi connectivity index (χ0v) is 12.4. The van der Waals surface area contributed by atoms with Crippen LogP contribution in [0.3, 0.4) is 0 Å². The molecule has 1 heterocycles. The summed E-state index contributed by atoms with van der Waals surface area (Å²) < 4.78 is 11.9. The molecule has 1 rings (SSSR count). The van der Waals surface area contributed by atoms with Crippen LogP contribution in [0.15, 0.2) is 11.8 Å². The molecule has 1 N–H and O–H groups in total. The lowest BCUT2D eigenvalue weighted by atomic mass is 9.86. The van der Waals surface area contributed by atoms with Gasteiger partial charge < -0.3 is 14.8 Å². The molecule has 0 saturated heterocycles. The summed E-state index contributed by atoms with van der Waals surface area (Å²) in [7, 11) is 0. The van der Waals surface area contributed by atoms with E-state index >= 15 is 0 Å². The van der Waals surface area contributed by atoms with E-state index in [2.05, 4.69) is 39.1 Å². The first-order valence-corrected chi connectivity index (χ1v) is 7.44. The fourth-order valence-corrected chi connectivity index (χ4v) is 2.71. The molecule has 1 aliphatic rings. The van der Waals surface area contributed by atoms with Gasteiger partial charge in [-0.3, -0.25) is 0 Å². The second-order valence-corrected chi connectivity index (χ2v) is 4.84. The second-order valence-electron chi connectivity index (χ2n) is 4.84. The summed E-state index contributed by atoms with van der Waals surface area (Å²) in [5.74, 6) is 1.08. The SMILES string of the molecule is CCCNC(C1=CCCO1)C(CC)(CC)OCC. The average Bonchev–Trinajstić information content (AvgIpc) is 2.91. The van der Waals surface area contributed by atoms with Crippen molar-refractivity contribution in [1.82, 2.24) is 5.32 Å². The van der Waals surface area contributed by atoms with Gasteiger partial charge in [-0.25, -0.2) is 0 Å². The molecule has 106 valence electrons. The molecular formula is C15H29NO2. The standard InChI is InChI=1S/C15H29NO2/c1-5-11-16-14(13-10-9-12-17-13)15(6-2,7-3)18-8-4/h10,14,16H,5-9,11-12H2,1-4H3. The first-order valence-electron chi connectivity index (χ1n) is 7.44. The molecule has 0 fully saturated rings. The van der Waals surface area contributed by atoms with Crippen LogP contribution in [0.2, 0.25) is 0 Å². The molecule has 0 aromatic heterocycles. The molecule has 0 radical (unpaired) electrons. The van der Waals surface area contributed by atoms with Crippen molar-refractivity contribution in [3.63, 3.8) is 0 Å². The Bertz CT molecular complexity index is 259. The highest BCUT2D eigenvalue weighted by Gasteiger charge is 2.40. The van der Waals surface area contributed by atoms with Crippen LogP contribution in [0.5, 0.6) is 0 Å². The van der Waals surface area contributed by atoms with Crippen molar-refractivity contribution in [2.45, 2.75) is 65.0 Å². The molecule has 0 aromatic rings. The van der Waals surface area contributed by atoms with Crippen LogP contribution >= 0.6 is 0 Å². The lowest BCUT2D eigenvalue weighted by molar-refractivity contribution is -0.0728. The van der Waals surface area contributed by atoms with Crippen LogP contribution in [0.4, 0.5) is 0 Å². The Balaban J connectivity index is 2.89. The van der Waals surface area contributed by atoms with E-state index in [4.69, 9.17) is 9.47 Å². The molecule has 0 spiro atoms. The van der Waals surface area contributed by atoms with Crippen LogP contribution in [0, 0.1) is 0 Å². The van der Waals surface area contributed by atoms with E-state index in [9.17, 15) is 0 Å². The summed E-state index contributed by atoms with van der Waals surface area (Å²) in [6, 6.07) is 0.190. The van der Waals surface area contributed by atoms with Gasteiger partial charge in [0.15, 0.2) is 0 Å². The molecule has 0 aliphatic carbocycles. The first-order chi connectivity index (χ1) is 8.74. The Morgan fingerprint density at radius 3 is 2.50 bits per heavy atom. The third kappa shape index (κ3) is 3.48. The fourth-order valence-electron chi connectivity index (χ4n) is 2.71. The van der Waals surface area contributed by atoms with Crippen molar-refractivity contribution in [2.24, 2.45) is 0 Å². The van der Waals surface area contributed by atoms with Crippen molar-refractivity contribution in [1.29, 1.82) is 0 Å². The third-order valence-electron chi connectivity index (χ3n) is 3.77. The van der Waals surface area contributed by atoms with Crippen LogP contribution in [0.25, 0.3) is 0 Å². The van der Waals surface area contributed by atoms with E-state index in [-0.39, 0.29) is 11.6 Å². The number of hydrogen-bond donors (Lipinski definition) is 1. The monoisotopic (exact) mass is 255 g/mol. The zero-order chi connectivity index (χ0) is 13.4. The molecule has 0 amide bonds. The summed E-state index contributed by atoms with van der Waals surface area (Å²) in [4.78, 5) is 0. The maximum Gasteiger partial charge on any atom is 0.112 e. The van der Waals surface area contributed by atoms with Crippen LogP contribution in [-0.2, 0) is 9.47 Å². The lowest BCUT2D eigenvalue weighted by Crippen LogP contribution is -2.53. The highest BCUT2D eigenvalue weighted by molar-refractivity contribution is 5.14. The minimum atomic E-state index is -0.139. The Kier molecular flexibility index (Phi) is 6.72. The van der Waals surface area contributed by atoms with Crippen molar-refractivity contribution >= 4 is 0 Å². The highest BCUT2D eigenvalue weighted by atomic mass is 16.5. The minimum Gasteiger partial charge on any atom is -0.496 e. The Hall–Kier alpha value is -0.540. The van der Waals surface area contributed by atoms with E-state index in [1.54, 1.807) is 0 Å². The zero-order valence-electron chi connectivity index (χ0n) is 12.4. The third-order valence-corrected chi connectivity index (χ3v) is 3.77. The Labute approximate surface area is 112 Å². The fraction of sp³-hybridized carbons (Fsp3) is 0.867. The lowest BCUT2D eigenvalue weighted by Gasteiger charge is -2.40. The van der Waals surface area contributed by atoms with Crippen LogP contribution in [0.1, 0.15) is 53.4 Å². The summed E-state index contributed by atoms with van der Waals surface area (Å²) in [6.07, 6.45) is 6.36. The summed E-state index contributed by atoms with van der Waals surface area (Å²) in [5, 5.41) is 3.62. The largest absolute Gasteiger partial charge is 0.496 e. The number of ether oxygens (including phenoxy) is 2. The van der Waals surface area contributed by atoms with Crippen molar-refractivity contribution < 1.29 is 9.47 Å². The number of nitrogens with one attached hydrogen (secondary N) is 1. The molecule has 0 aromatic carbocycles. The first kappa shape index (κ1) is 15.5. The highest BCUT2D eigenvalue weighted by Crippen LogP contribution is 2.31. The van der Waals surface area contributed by atoms with Gasteiger partial charge in [0.05, 0.1) is 18.2 Å². The van der Waals surface area contributed by atoms with E-state index < -0.39 is 0 Å². The van der Waals surface area contributed by atoms with E-state index in [0.717, 1.165) is 51.2 Å². The predicted octanol–water partition coefficient (Wildman–Crippen LogP) is 3.25. The topological polar surface area (TPSA) is 30.5 Å².